The smallest absolute Gasteiger partial charge is 0.254 e. The first-order valence-electron chi connectivity index (χ1n) is 7.49. The Balaban J connectivity index is 1.95. The van der Waals surface area contributed by atoms with Crippen molar-refractivity contribution in [2.24, 2.45) is 11.7 Å². The summed E-state index contributed by atoms with van der Waals surface area (Å²) in [7, 11) is 0. The second-order valence-corrected chi connectivity index (χ2v) is 5.78. The summed E-state index contributed by atoms with van der Waals surface area (Å²) in [4.78, 5) is 27.9. The number of nitrogens with two attached hydrogens (primary N) is 1. The zero-order chi connectivity index (χ0) is 16.3. The molecule has 1 aliphatic heterocycles. The van der Waals surface area contributed by atoms with Crippen molar-refractivity contribution in [3.8, 4) is 0 Å². The molecule has 0 aliphatic carbocycles. The van der Waals surface area contributed by atoms with Gasteiger partial charge in [0.05, 0.1) is 5.92 Å². The van der Waals surface area contributed by atoms with E-state index >= 15 is 0 Å². The number of hydrogen-bond donors (Lipinski definition) is 1. The quantitative estimate of drug-likeness (QED) is 0.909. The Morgan fingerprint density at radius 3 is 2.27 bits per heavy atom. The van der Waals surface area contributed by atoms with Gasteiger partial charge in [0.25, 0.3) is 5.91 Å². The highest BCUT2D eigenvalue weighted by Crippen LogP contribution is 2.13. The predicted octanol–water partition coefficient (Wildman–Crippen LogP) is 1.09. The summed E-state index contributed by atoms with van der Waals surface area (Å²) in [5.74, 6) is -0.837. The van der Waals surface area contributed by atoms with Gasteiger partial charge < -0.3 is 15.5 Å². The molecule has 0 radical (unpaired) electrons. The van der Waals surface area contributed by atoms with E-state index in [0.29, 0.717) is 31.7 Å². The van der Waals surface area contributed by atoms with E-state index in [1.165, 1.54) is 18.2 Å². The van der Waals surface area contributed by atoms with Gasteiger partial charge in [0.1, 0.15) is 5.82 Å². The summed E-state index contributed by atoms with van der Waals surface area (Å²) in [6.45, 7) is 5.50. The zero-order valence-electron chi connectivity index (χ0n) is 13.0. The molecule has 1 heterocycles. The van der Waals surface area contributed by atoms with E-state index in [1.54, 1.807) is 15.9 Å². The lowest BCUT2D eigenvalue weighted by molar-refractivity contribution is -0.137. The highest BCUT2D eigenvalue weighted by Gasteiger charge is 2.28. The third-order valence-corrected chi connectivity index (χ3v) is 4.13. The van der Waals surface area contributed by atoms with E-state index in [1.807, 2.05) is 13.8 Å². The molecule has 0 saturated carbocycles. The summed E-state index contributed by atoms with van der Waals surface area (Å²) >= 11 is 0. The van der Waals surface area contributed by atoms with Crippen LogP contribution in [-0.4, -0.2) is 53.8 Å². The highest BCUT2D eigenvalue weighted by molar-refractivity contribution is 5.94. The maximum atomic E-state index is 13.2. The number of carbonyl (C=O) groups is 2. The van der Waals surface area contributed by atoms with E-state index in [0.717, 1.165) is 0 Å². The standard InChI is InChI=1S/C16H22FN3O2/c1-11(12(2)18)15(21)19-6-8-20(9-7-19)16(22)13-4-3-5-14(17)10-13/h3-5,10-12H,6-9,18H2,1-2H3. The van der Waals surface area contributed by atoms with E-state index < -0.39 is 5.82 Å². The second-order valence-electron chi connectivity index (χ2n) is 5.78. The van der Waals surface area contributed by atoms with Crippen LogP contribution in [0.15, 0.2) is 24.3 Å². The van der Waals surface area contributed by atoms with Crippen LogP contribution in [0.4, 0.5) is 4.39 Å². The summed E-state index contributed by atoms with van der Waals surface area (Å²) in [5.41, 5.74) is 6.10. The van der Waals surface area contributed by atoms with E-state index in [2.05, 4.69) is 0 Å². The molecule has 0 aromatic heterocycles. The summed E-state index contributed by atoms with van der Waals surface area (Å²) in [6.07, 6.45) is 0. The van der Waals surface area contributed by atoms with E-state index in [9.17, 15) is 14.0 Å². The SMILES string of the molecule is CC(N)C(C)C(=O)N1CCN(C(=O)c2cccc(F)c2)CC1. The lowest BCUT2D eigenvalue weighted by atomic mass is 10.0. The number of piperazine rings is 1. The maximum Gasteiger partial charge on any atom is 0.254 e. The molecule has 2 rings (SSSR count). The van der Waals surface area contributed by atoms with Crippen molar-refractivity contribution >= 4 is 11.8 Å². The molecule has 1 aliphatic rings. The lowest BCUT2D eigenvalue weighted by Crippen LogP contribution is -2.53. The number of carbonyl (C=O) groups excluding carboxylic acids is 2. The predicted molar refractivity (Wildman–Crippen MR) is 81.7 cm³/mol. The van der Waals surface area contributed by atoms with Crippen molar-refractivity contribution in [2.45, 2.75) is 19.9 Å². The van der Waals surface area contributed by atoms with Gasteiger partial charge in [0.2, 0.25) is 5.91 Å². The van der Waals surface area contributed by atoms with Gasteiger partial charge in [-0.15, -0.1) is 0 Å². The normalized spacial score (nSPS) is 18.0. The largest absolute Gasteiger partial charge is 0.339 e. The molecule has 2 atom stereocenters. The molecule has 2 unspecified atom stereocenters. The molecule has 22 heavy (non-hydrogen) atoms. The number of halogens is 1. The first kappa shape index (κ1) is 16.4. The van der Waals surface area contributed by atoms with E-state index in [4.69, 9.17) is 5.73 Å². The Morgan fingerprint density at radius 2 is 1.73 bits per heavy atom. The molecule has 120 valence electrons. The number of rotatable bonds is 3. The first-order chi connectivity index (χ1) is 10.4. The van der Waals surface area contributed by atoms with Crippen LogP contribution in [0.5, 0.6) is 0 Å². The van der Waals surface area contributed by atoms with Crippen LogP contribution in [0.1, 0.15) is 24.2 Å². The van der Waals surface area contributed by atoms with Gasteiger partial charge in [0, 0.05) is 37.8 Å². The molecular weight excluding hydrogens is 285 g/mol. The Kier molecular flexibility index (Phi) is 5.13. The molecule has 1 aromatic rings. The Bertz CT molecular complexity index is 554. The molecule has 1 fully saturated rings. The fourth-order valence-electron chi connectivity index (χ4n) is 2.45. The summed E-state index contributed by atoms with van der Waals surface area (Å²) in [5, 5.41) is 0. The zero-order valence-corrected chi connectivity index (χ0v) is 13.0. The minimum atomic E-state index is -0.426. The van der Waals surface area contributed by atoms with Crippen molar-refractivity contribution < 1.29 is 14.0 Å². The minimum absolute atomic E-state index is 0.0212. The molecular formula is C16H22FN3O2. The van der Waals surface area contributed by atoms with Crippen LogP contribution in [-0.2, 0) is 4.79 Å². The van der Waals surface area contributed by atoms with Crippen LogP contribution < -0.4 is 5.73 Å². The van der Waals surface area contributed by atoms with Gasteiger partial charge in [-0.25, -0.2) is 4.39 Å². The monoisotopic (exact) mass is 307 g/mol. The summed E-state index contributed by atoms with van der Waals surface area (Å²) < 4.78 is 13.2. The molecule has 0 spiro atoms. The Labute approximate surface area is 129 Å². The fourth-order valence-corrected chi connectivity index (χ4v) is 2.45. The van der Waals surface area contributed by atoms with Gasteiger partial charge >= 0.3 is 0 Å². The molecule has 6 heteroatoms. The van der Waals surface area contributed by atoms with Crippen molar-refractivity contribution in [2.75, 3.05) is 26.2 Å². The van der Waals surface area contributed by atoms with Gasteiger partial charge in [-0.05, 0) is 25.1 Å². The van der Waals surface area contributed by atoms with Crippen LogP contribution in [0.3, 0.4) is 0 Å². The number of amides is 2. The first-order valence-corrected chi connectivity index (χ1v) is 7.49. The molecule has 2 amide bonds. The van der Waals surface area contributed by atoms with Crippen LogP contribution in [0, 0.1) is 11.7 Å². The third kappa shape index (κ3) is 3.62. The summed E-state index contributed by atoms with van der Waals surface area (Å²) in [6, 6.07) is 5.47. The minimum Gasteiger partial charge on any atom is -0.339 e. The highest BCUT2D eigenvalue weighted by atomic mass is 19.1. The average Bonchev–Trinajstić information content (AvgIpc) is 2.52. The average molecular weight is 307 g/mol. The maximum absolute atomic E-state index is 13.2. The number of nitrogens with zero attached hydrogens (tertiary/aromatic N) is 2. The molecule has 0 bridgehead atoms. The van der Waals surface area contributed by atoms with Crippen LogP contribution >= 0.6 is 0 Å². The fraction of sp³-hybridized carbons (Fsp3) is 0.500. The van der Waals surface area contributed by atoms with Crippen molar-refractivity contribution in [1.82, 2.24) is 9.80 Å². The topological polar surface area (TPSA) is 66.6 Å². The van der Waals surface area contributed by atoms with Gasteiger partial charge in [0.15, 0.2) is 0 Å². The molecule has 2 N–H and O–H groups in total. The van der Waals surface area contributed by atoms with Gasteiger partial charge in [-0.1, -0.05) is 13.0 Å². The van der Waals surface area contributed by atoms with Crippen LogP contribution in [0.2, 0.25) is 0 Å². The van der Waals surface area contributed by atoms with Crippen molar-refractivity contribution in [1.29, 1.82) is 0 Å². The van der Waals surface area contributed by atoms with E-state index in [-0.39, 0.29) is 23.8 Å². The van der Waals surface area contributed by atoms with Crippen molar-refractivity contribution in [3.63, 3.8) is 0 Å². The molecule has 1 aromatic carbocycles. The van der Waals surface area contributed by atoms with Crippen LogP contribution in [0.25, 0.3) is 0 Å². The molecule has 1 saturated heterocycles. The molecule has 5 nitrogen and oxygen atoms in total. The Hall–Kier alpha value is -1.95. The number of benzene rings is 1. The van der Waals surface area contributed by atoms with Gasteiger partial charge in [-0.3, -0.25) is 9.59 Å². The Morgan fingerprint density at radius 1 is 1.14 bits per heavy atom. The number of hydrogen-bond acceptors (Lipinski definition) is 3. The lowest BCUT2D eigenvalue weighted by Gasteiger charge is -2.36. The third-order valence-electron chi connectivity index (χ3n) is 4.13. The van der Waals surface area contributed by atoms with Gasteiger partial charge in [-0.2, -0.15) is 0 Å². The second kappa shape index (κ2) is 6.87. The van der Waals surface area contributed by atoms with Crippen molar-refractivity contribution in [3.05, 3.63) is 35.6 Å².